The maximum absolute atomic E-state index is 2.92. The van der Waals surface area contributed by atoms with E-state index in [0.29, 0.717) is 0 Å². The highest BCUT2D eigenvalue weighted by molar-refractivity contribution is 7.26. The zero-order chi connectivity index (χ0) is 58.5. The number of fused-ring (bicyclic) bond motifs is 10. The Hall–Kier alpha value is -8.12. The molecule has 85 heavy (non-hydrogen) atoms. The Kier molecular flexibility index (Phi) is 12.1. The minimum absolute atomic E-state index is 0.0103. The molecule has 0 amide bonds. The normalized spacial score (nSPS) is 17.9. The van der Waals surface area contributed by atoms with Crippen molar-refractivity contribution in [2.75, 3.05) is 14.7 Å². The number of thiophene rings is 1. The van der Waals surface area contributed by atoms with Crippen molar-refractivity contribution in [2.45, 2.75) is 129 Å². The highest BCUT2D eigenvalue weighted by Crippen LogP contribution is 2.63. The molecule has 0 saturated heterocycles. The lowest BCUT2D eigenvalue weighted by molar-refractivity contribution is 0.195. The van der Waals surface area contributed by atoms with Crippen molar-refractivity contribution in [2.24, 2.45) is 0 Å². The van der Waals surface area contributed by atoms with Crippen LogP contribution in [0.25, 0.3) is 53.6 Å². The monoisotopic (exact) mass is 1120 g/mol. The van der Waals surface area contributed by atoms with Crippen molar-refractivity contribution >= 4 is 100 Å². The summed E-state index contributed by atoms with van der Waals surface area (Å²) in [5, 5.41) is 2.65. The van der Waals surface area contributed by atoms with E-state index in [2.05, 4.69) is 303 Å². The van der Waals surface area contributed by atoms with Gasteiger partial charge in [0.1, 0.15) is 0 Å². The molecule has 5 heteroatoms. The minimum Gasteiger partial charge on any atom is -0.335 e. The molecule has 0 N–H and O–H groups in total. The third kappa shape index (κ3) is 8.34. The largest absolute Gasteiger partial charge is 0.335 e. The van der Waals surface area contributed by atoms with E-state index < -0.39 is 0 Å². The molecule has 1 fully saturated rings. The molecule has 3 nitrogen and oxygen atoms in total. The fraction of sp³-hybridized carbons (Fsp3) is 0.250. The van der Waals surface area contributed by atoms with Gasteiger partial charge in [-0.3, -0.25) is 0 Å². The summed E-state index contributed by atoms with van der Waals surface area (Å²) in [5.41, 5.74) is 26.5. The molecule has 4 aliphatic rings. The van der Waals surface area contributed by atoms with Crippen LogP contribution in [0.2, 0.25) is 0 Å². The molecule has 1 saturated carbocycles. The third-order valence-electron chi connectivity index (χ3n) is 20.3. The van der Waals surface area contributed by atoms with Crippen LogP contribution < -0.4 is 31.1 Å². The summed E-state index contributed by atoms with van der Waals surface area (Å²) in [7, 11) is 0. The van der Waals surface area contributed by atoms with Crippen LogP contribution in [0.4, 0.5) is 45.5 Å². The van der Waals surface area contributed by atoms with Crippen molar-refractivity contribution in [3.63, 3.8) is 0 Å². The van der Waals surface area contributed by atoms with E-state index in [9.17, 15) is 0 Å². The lowest BCUT2D eigenvalue weighted by atomic mass is 9.33. The Morgan fingerprint density at radius 1 is 0.435 bits per heavy atom. The van der Waals surface area contributed by atoms with Crippen LogP contribution in [0, 0.1) is 0 Å². The Morgan fingerprint density at radius 3 is 1.69 bits per heavy atom. The van der Waals surface area contributed by atoms with Crippen LogP contribution in [-0.4, -0.2) is 12.3 Å². The molecule has 11 aromatic rings. The number of hydrogen-bond acceptors (Lipinski definition) is 4. The number of rotatable bonds is 7. The average Bonchev–Trinajstić information content (AvgIpc) is 1.58. The smallest absolute Gasteiger partial charge is 0.252 e. The van der Waals surface area contributed by atoms with E-state index in [0.717, 1.165) is 29.9 Å². The molecule has 2 unspecified atom stereocenters. The van der Waals surface area contributed by atoms with Crippen LogP contribution in [0.1, 0.15) is 124 Å². The molecule has 2 atom stereocenters. The summed E-state index contributed by atoms with van der Waals surface area (Å²) in [6.07, 6.45) is 4.69. The van der Waals surface area contributed by atoms with Crippen LogP contribution in [0.3, 0.4) is 0 Å². The van der Waals surface area contributed by atoms with Gasteiger partial charge in [0.25, 0.3) is 6.71 Å². The quantitative estimate of drug-likeness (QED) is 0.147. The highest BCUT2D eigenvalue weighted by Gasteiger charge is 2.61. The second-order valence-corrected chi connectivity index (χ2v) is 29.6. The minimum atomic E-state index is -0.180. The van der Waals surface area contributed by atoms with Gasteiger partial charge in [-0.2, -0.15) is 0 Å². The molecule has 1 aliphatic carbocycles. The Morgan fingerprint density at radius 2 is 1.02 bits per heavy atom. The summed E-state index contributed by atoms with van der Waals surface area (Å²) in [5.74, 6) is 0. The first-order chi connectivity index (χ1) is 40.8. The molecule has 0 bridgehead atoms. The molecule has 10 aromatic carbocycles. The lowest BCUT2D eigenvalue weighted by Gasteiger charge is -2.53. The predicted octanol–water partition coefficient (Wildman–Crippen LogP) is 20.8. The first kappa shape index (κ1) is 53.6. The molecular weight excluding hydrogens is 1050 g/mol. The van der Waals surface area contributed by atoms with Gasteiger partial charge in [0, 0.05) is 71.0 Å². The van der Waals surface area contributed by atoms with Gasteiger partial charge in [-0.05, 0) is 181 Å². The summed E-state index contributed by atoms with van der Waals surface area (Å²) in [4.78, 5) is 8.13. The van der Waals surface area contributed by atoms with E-state index >= 15 is 0 Å². The number of hydrogen-bond donors (Lipinski definition) is 0. The third-order valence-corrected chi connectivity index (χ3v) is 21.4. The first-order valence-electron chi connectivity index (χ1n) is 31.1. The molecule has 3 aliphatic heterocycles. The molecule has 1 aromatic heterocycles. The fourth-order valence-corrected chi connectivity index (χ4v) is 16.5. The molecule has 0 spiro atoms. The summed E-state index contributed by atoms with van der Waals surface area (Å²) < 4.78 is 2.64. The number of nitrogens with zero attached hydrogens (tertiary/aromatic N) is 3. The molecule has 0 radical (unpaired) electrons. The Labute approximate surface area is 508 Å². The molecule has 4 heterocycles. The van der Waals surface area contributed by atoms with Gasteiger partial charge in [0.15, 0.2) is 0 Å². The van der Waals surface area contributed by atoms with Gasteiger partial charge in [0.05, 0.1) is 11.2 Å². The standard InChI is InChI=1S/C80H76BN3S/c1-76(2,3)55-31-36-58(37-32-55)82(59-38-33-56(34-39-59)77(4,5)6)60-40-41-65-68(50-60)83(67-42-35-57(78(7,8)9)49-63(67)52-25-16-13-17-26-52)69-47-54(61-28-22-30-72-73(61)62-27-18-19-29-71(62)85-72)48-70-74(69)81(65)66-46-53(51-23-14-12-15-24-51)45-64-75(66)84(70)80(11)44-21-20-43-79(64,80)10/h12-19,22-42,45-50H,20-21,43-44H2,1-11H3. The summed E-state index contributed by atoms with van der Waals surface area (Å²) in [6.45, 7) is 26.1. The summed E-state index contributed by atoms with van der Waals surface area (Å²) >= 11 is 1.91. The van der Waals surface area contributed by atoms with Crippen molar-refractivity contribution in [3.05, 3.63) is 235 Å². The fourth-order valence-electron chi connectivity index (χ4n) is 15.4. The van der Waals surface area contributed by atoms with E-state index in [1.165, 1.54) is 133 Å². The highest BCUT2D eigenvalue weighted by atomic mass is 32.1. The molecule has 15 rings (SSSR count). The van der Waals surface area contributed by atoms with Crippen LogP contribution in [0.5, 0.6) is 0 Å². The zero-order valence-corrected chi connectivity index (χ0v) is 52.2. The van der Waals surface area contributed by atoms with Crippen molar-refractivity contribution in [1.82, 2.24) is 0 Å². The Bertz CT molecular complexity index is 4400. The van der Waals surface area contributed by atoms with Gasteiger partial charge >= 0.3 is 0 Å². The van der Waals surface area contributed by atoms with Crippen molar-refractivity contribution in [1.29, 1.82) is 0 Å². The first-order valence-corrected chi connectivity index (χ1v) is 31.9. The lowest BCUT2D eigenvalue weighted by Crippen LogP contribution is -2.64. The number of benzene rings is 10. The zero-order valence-electron chi connectivity index (χ0n) is 51.4. The predicted molar refractivity (Wildman–Crippen MR) is 369 cm³/mol. The van der Waals surface area contributed by atoms with E-state index in [1.54, 1.807) is 0 Å². The van der Waals surface area contributed by atoms with Crippen molar-refractivity contribution in [3.8, 4) is 33.4 Å². The second kappa shape index (κ2) is 19.2. The van der Waals surface area contributed by atoms with Gasteiger partial charge in [-0.25, -0.2) is 0 Å². The van der Waals surface area contributed by atoms with Gasteiger partial charge < -0.3 is 14.7 Å². The van der Waals surface area contributed by atoms with E-state index in [1.807, 2.05) is 11.3 Å². The van der Waals surface area contributed by atoms with E-state index in [4.69, 9.17) is 0 Å². The van der Waals surface area contributed by atoms with E-state index in [-0.39, 0.29) is 33.9 Å². The SMILES string of the molecule is CC(C)(C)c1ccc(N(c2ccc(C(C)(C)C)cc2)c2ccc3c(c2)N(c2ccc(C(C)(C)C)cc2-c2ccccc2)c2cc(-c4cccc5sc6ccccc6c45)cc4c2B3c2cc(-c3ccccc3)cc3c2N4C2(C)CCCCC32C)cc1. The topological polar surface area (TPSA) is 9.72 Å². The molecular formula is C80H76BN3S. The number of anilines is 8. The Balaban J connectivity index is 1.09. The maximum Gasteiger partial charge on any atom is 0.252 e. The van der Waals surface area contributed by atoms with Gasteiger partial charge in [0.2, 0.25) is 0 Å². The average molecular weight is 1120 g/mol. The van der Waals surface area contributed by atoms with Crippen LogP contribution in [-0.2, 0) is 21.7 Å². The van der Waals surface area contributed by atoms with Crippen molar-refractivity contribution < 1.29 is 0 Å². The second-order valence-electron chi connectivity index (χ2n) is 28.5. The maximum atomic E-state index is 2.92. The van der Waals surface area contributed by atoms with Gasteiger partial charge in [-0.1, -0.05) is 216 Å². The van der Waals surface area contributed by atoms with Gasteiger partial charge in [-0.15, -0.1) is 11.3 Å². The van der Waals surface area contributed by atoms with Crippen LogP contribution in [0.15, 0.2) is 212 Å². The summed E-state index contributed by atoms with van der Waals surface area (Å²) in [6, 6.07) is 82.5. The molecule has 420 valence electrons. The van der Waals surface area contributed by atoms with Crippen LogP contribution >= 0.6 is 11.3 Å².